The number of hydrogen-bond donors (Lipinski definition) is 1. The van der Waals surface area contributed by atoms with Crippen molar-refractivity contribution in [2.24, 2.45) is 0 Å². The van der Waals surface area contributed by atoms with Gasteiger partial charge in [-0.15, -0.1) is 10.2 Å². The quantitative estimate of drug-likeness (QED) is 0.713. The molecule has 6 nitrogen and oxygen atoms in total. The molecule has 0 aliphatic heterocycles. The first-order valence-corrected chi connectivity index (χ1v) is 5.91. The van der Waals surface area contributed by atoms with Gasteiger partial charge < -0.3 is 5.32 Å². The normalized spacial score (nSPS) is 11.2. The summed E-state index contributed by atoms with van der Waals surface area (Å²) in [6.07, 6.45) is 1.02. The number of amides is 1. The third-order valence-electron chi connectivity index (χ3n) is 1.14. The van der Waals surface area contributed by atoms with E-state index in [4.69, 9.17) is 0 Å². The van der Waals surface area contributed by atoms with E-state index in [1.54, 1.807) is 0 Å². The van der Waals surface area contributed by atoms with Crippen molar-refractivity contribution in [1.29, 1.82) is 0 Å². The molecule has 0 unspecified atom stereocenters. The van der Waals surface area contributed by atoms with E-state index >= 15 is 0 Å². The fourth-order valence-electron chi connectivity index (χ4n) is 0.558. The number of carbonyl (C=O) groups excluding carboxylic acids is 1. The monoisotopic (exact) mass is 221 g/mol. The van der Waals surface area contributed by atoms with Crippen molar-refractivity contribution in [2.75, 3.05) is 13.3 Å². The zero-order valence-corrected chi connectivity index (χ0v) is 8.57. The summed E-state index contributed by atoms with van der Waals surface area (Å²) in [6.45, 7) is 0. The highest BCUT2D eigenvalue weighted by molar-refractivity contribution is 7.92. The minimum Gasteiger partial charge on any atom is -0.353 e. The van der Waals surface area contributed by atoms with Gasteiger partial charge in [0.25, 0.3) is 5.91 Å². The van der Waals surface area contributed by atoms with Gasteiger partial charge in [0.2, 0.25) is 19.2 Å². The number of hydrogen-bond acceptors (Lipinski definition) is 6. The molecule has 1 amide bonds. The van der Waals surface area contributed by atoms with Gasteiger partial charge in [0.05, 0.1) is 0 Å². The van der Waals surface area contributed by atoms with Crippen LogP contribution in [0.25, 0.3) is 0 Å². The summed E-state index contributed by atoms with van der Waals surface area (Å²) in [5.41, 5.74) is 0. The highest BCUT2D eigenvalue weighted by Gasteiger charge is 2.17. The molecule has 13 heavy (non-hydrogen) atoms. The third kappa shape index (κ3) is 2.22. The zero-order valence-electron chi connectivity index (χ0n) is 6.94. The SMILES string of the molecule is CNC(=O)c1nnc(S(C)(=O)=O)s1. The molecule has 1 aromatic rings. The number of nitrogens with one attached hydrogen (secondary N) is 1. The number of aromatic nitrogens is 2. The molecule has 0 fully saturated rings. The molecule has 0 bridgehead atoms. The second-order valence-electron chi connectivity index (χ2n) is 2.22. The van der Waals surface area contributed by atoms with Crippen LogP contribution in [-0.4, -0.2) is 37.8 Å². The van der Waals surface area contributed by atoms with Gasteiger partial charge in [-0.05, 0) is 0 Å². The van der Waals surface area contributed by atoms with Crippen LogP contribution in [0.5, 0.6) is 0 Å². The summed E-state index contributed by atoms with van der Waals surface area (Å²) in [6, 6.07) is 0. The summed E-state index contributed by atoms with van der Waals surface area (Å²) in [7, 11) is -1.92. The minimum absolute atomic E-state index is 0.0444. The molecule has 0 atom stereocenters. The fraction of sp³-hybridized carbons (Fsp3) is 0.400. The van der Waals surface area contributed by atoms with Crippen LogP contribution in [0.1, 0.15) is 9.80 Å². The molecule has 0 saturated carbocycles. The van der Waals surface area contributed by atoms with E-state index in [9.17, 15) is 13.2 Å². The van der Waals surface area contributed by atoms with Crippen molar-refractivity contribution in [2.45, 2.75) is 4.34 Å². The predicted molar refractivity (Wildman–Crippen MR) is 46.4 cm³/mol. The molecule has 1 aromatic heterocycles. The summed E-state index contributed by atoms with van der Waals surface area (Å²) < 4.78 is 21.7. The Morgan fingerprint density at radius 2 is 2.08 bits per heavy atom. The van der Waals surface area contributed by atoms with Crippen LogP contribution < -0.4 is 5.32 Å². The minimum atomic E-state index is -3.36. The lowest BCUT2D eigenvalue weighted by Crippen LogP contribution is -2.17. The first-order chi connectivity index (χ1) is 5.95. The van der Waals surface area contributed by atoms with Crippen LogP contribution in [-0.2, 0) is 9.84 Å². The zero-order chi connectivity index (χ0) is 10.1. The van der Waals surface area contributed by atoms with Gasteiger partial charge in [0.1, 0.15) is 0 Å². The van der Waals surface area contributed by atoms with Gasteiger partial charge in [0, 0.05) is 13.3 Å². The summed E-state index contributed by atoms with van der Waals surface area (Å²) in [5, 5.41) is 9.17. The van der Waals surface area contributed by atoms with Gasteiger partial charge in [-0.25, -0.2) is 8.42 Å². The molecule has 0 aromatic carbocycles. The Labute approximate surface area is 78.9 Å². The van der Waals surface area contributed by atoms with E-state index in [2.05, 4.69) is 15.5 Å². The third-order valence-corrected chi connectivity index (χ3v) is 3.74. The van der Waals surface area contributed by atoms with Crippen molar-refractivity contribution in [3.63, 3.8) is 0 Å². The Bertz CT molecular complexity index is 422. The first-order valence-electron chi connectivity index (χ1n) is 3.21. The number of nitrogens with zero attached hydrogens (tertiary/aromatic N) is 2. The second kappa shape index (κ2) is 3.38. The van der Waals surface area contributed by atoms with E-state index in [1.807, 2.05) is 0 Å². The Balaban J connectivity index is 3.07. The van der Waals surface area contributed by atoms with Crippen molar-refractivity contribution in [1.82, 2.24) is 15.5 Å². The van der Waals surface area contributed by atoms with Crippen molar-refractivity contribution < 1.29 is 13.2 Å². The molecule has 1 N–H and O–H groups in total. The molecule has 1 heterocycles. The van der Waals surface area contributed by atoms with Gasteiger partial charge in [-0.1, -0.05) is 11.3 Å². The maximum Gasteiger partial charge on any atom is 0.282 e. The smallest absolute Gasteiger partial charge is 0.282 e. The molecule has 8 heteroatoms. The lowest BCUT2D eigenvalue weighted by molar-refractivity contribution is 0.0962. The summed E-state index contributed by atoms with van der Waals surface area (Å²) >= 11 is 0.750. The molecule has 1 rings (SSSR count). The Morgan fingerprint density at radius 3 is 2.46 bits per heavy atom. The highest BCUT2D eigenvalue weighted by Crippen LogP contribution is 2.14. The lowest BCUT2D eigenvalue weighted by atomic mass is 10.6. The molecule has 0 radical (unpaired) electrons. The summed E-state index contributed by atoms with van der Waals surface area (Å²) in [4.78, 5) is 11.0. The van der Waals surface area contributed by atoms with Crippen LogP contribution in [0.3, 0.4) is 0 Å². The molecule has 0 saturated heterocycles. The van der Waals surface area contributed by atoms with Crippen LogP contribution in [0.4, 0.5) is 0 Å². The van der Waals surface area contributed by atoms with Gasteiger partial charge in [0.15, 0.2) is 0 Å². The number of rotatable bonds is 2. The highest BCUT2D eigenvalue weighted by atomic mass is 32.2. The van der Waals surface area contributed by atoms with E-state index in [1.165, 1.54) is 7.05 Å². The number of carbonyl (C=O) groups is 1. The topological polar surface area (TPSA) is 89.0 Å². The predicted octanol–water partition coefficient (Wildman–Crippen LogP) is -0.699. The van der Waals surface area contributed by atoms with E-state index in [0.717, 1.165) is 17.6 Å². The Morgan fingerprint density at radius 1 is 1.46 bits per heavy atom. The Hall–Kier alpha value is -1.02. The summed E-state index contributed by atoms with van der Waals surface area (Å²) in [5.74, 6) is -0.438. The van der Waals surface area contributed by atoms with Crippen molar-refractivity contribution in [3.8, 4) is 0 Å². The van der Waals surface area contributed by atoms with Crippen molar-refractivity contribution in [3.05, 3.63) is 5.01 Å². The van der Waals surface area contributed by atoms with Gasteiger partial charge in [-0.2, -0.15) is 0 Å². The Kier molecular flexibility index (Phi) is 2.62. The molecular weight excluding hydrogens is 214 g/mol. The lowest BCUT2D eigenvalue weighted by Gasteiger charge is -1.89. The molecule has 0 aliphatic rings. The van der Waals surface area contributed by atoms with Crippen molar-refractivity contribution >= 4 is 27.1 Å². The van der Waals surface area contributed by atoms with Gasteiger partial charge >= 0.3 is 0 Å². The standard InChI is InChI=1S/C5H7N3O3S2/c1-6-3(9)4-7-8-5(12-4)13(2,10)11/h1-2H3,(H,6,9). The molecular formula is C5H7N3O3S2. The van der Waals surface area contributed by atoms with Crippen LogP contribution in [0.15, 0.2) is 4.34 Å². The number of sulfone groups is 1. The van der Waals surface area contributed by atoms with E-state index < -0.39 is 15.7 Å². The molecule has 0 aliphatic carbocycles. The van der Waals surface area contributed by atoms with Crippen LogP contribution >= 0.6 is 11.3 Å². The second-order valence-corrected chi connectivity index (χ2v) is 5.39. The largest absolute Gasteiger partial charge is 0.353 e. The van der Waals surface area contributed by atoms with E-state index in [-0.39, 0.29) is 9.35 Å². The van der Waals surface area contributed by atoms with Gasteiger partial charge in [-0.3, -0.25) is 4.79 Å². The van der Waals surface area contributed by atoms with Crippen LogP contribution in [0, 0.1) is 0 Å². The van der Waals surface area contributed by atoms with E-state index in [0.29, 0.717) is 0 Å². The van der Waals surface area contributed by atoms with Crippen LogP contribution in [0.2, 0.25) is 0 Å². The molecule has 72 valence electrons. The maximum absolute atomic E-state index is 11.0. The average Bonchev–Trinajstić information content (AvgIpc) is 2.50. The maximum atomic E-state index is 11.0. The molecule has 0 spiro atoms. The average molecular weight is 221 g/mol. The fourth-order valence-corrected chi connectivity index (χ4v) is 2.11. The first kappa shape index (κ1) is 10.1.